The van der Waals surface area contributed by atoms with Crippen LogP contribution in [0.4, 0.5) is 8.78 Å². The molecule has 0 radical (unpaired) electrons. The van der Waals surface area contributed by atoms with Gasteiger partial charge in [0.25, 0.3) is 0 Å². The molecule has 4 aromatic rings. The number of nitrogens with zero attached hydrogens (tertiary/aromatic N) is 1. The molecule has 3 aromatic carbocycles. The first-order chi connectivity index (χ1) is 16.1. The van der Waals surface area contributed by atoms with Gasteiger partial charge < -0.3 is 0 Å². The minimum Gasteiger partial charge on any atom is -0.261 e. The van der Waals surface area contributed by atoms with Crippen molar-refractivity contribution in [2.75, 3.05) is 0 Å². The summed E-state index contributed by atoms with van der Waals surface area (Å²) < 4.78 is 30.3. The fraction of sp³-hybridized carbons (Fsp3) is 0.367. The molecule has 0 aliphatic heterocycles. The Labute approximate surface area is 195 Å². The van der Waals surface area contributed by atoms with Crippen molar-refractivity contribution in [3.63, 3.8) is 0 Å². The highest BCUT2D eigenvalue weighted by Gasteiger charge is 2.16. The Balaban J connectivity index is 1.65. The Morgan fingerprint density at radius 3 is 1.94 bits per heavy atom. The van der Waals surface area contributed by atoms with E-state index in [2.05, 4.69) is 24.9 Å². The third-order valence-electron chi connectivity index (χ3n) is 6.57. The van der Waals surface area contributed by atoms with E-state index in [4.69, 9.17) is 0 Å². The summed E-state index contributed by atoms with van der Waals surface area (Å²) >= 11 is 0. The summed E-state index contributed by atoms with van der Waals surface area (Å²) in [6, 6.07) is 15.5. The van der Waals surface area contributed by atoms with Crippen LogP contribution in [-0.2, 0) is 12.8 Å². The zero-order chi connectivity index (χ0) is 23.2. The Hall–Kier alpha value is -2.81. The van der Waals surface area contributed by atoms with Gasteiger partial charge in [0, 0.05) is 28.2 Å². The highest BCUT2D eigenvalue weighted by Crippen LogP contribution is 2.34. The number of halogens is 2. The Morgan fingerprint density at radius 1 is 0.606 bits per heavy atom. The molecule has 0 spiro atoms. The van der Waals surface area contributed by atoms with E-state index in [0.717, 1.165) is 58.8 Å². The molecule has 1 heterocycles. The fourth-order valence-electron chi connectivity index (χ4n) is 4.60. The first kappa shape index (κ1) is 23.4. The van der Waals surface area contributed by atoms with Crippen LogP contribution in [0.3, 0.4) is 0 Å². The summed E-state index contributed by atoms with van der Waals surface area (Å²) in [4.78, 5) is 4.57. The average Bonchev–Trinajstić information content (AvgIpc) is 2.85. The van der Waals surface area contributed by atoms with Gasteiger partial charge in [-0.3, -0.25) is 4.98 Å². The number of unbranched alkanes of at least 4 members (excludes halogenated alkanes) is 5. The van der Waals surface area contributed by atoms with E-state index in [1.54, 1.807) is 6.07 Å². The summed E-state index contributed by atoms with van der Waals surface area (Å²) in [5.74, 6) is -1.53. The molecule has 0 bridgehead atoms. The molecule has 0 aliphatic rings. The van der Waals surface area contributed by atoms with E-state index in [1.165, 1.54) is 32.1 Å². The van der Waals surface area contributed by atoms with Gasteiger partial charge in [-0.2, -0.15) is 0 Å². The van der Waals surface area contributed by atoms with Gasteiger partial charge in [0.2, 0.25) is 0 Å². The second-order valence-corrected chi connectivity index (χ2v) is 9.07. The lowest BCUT2D eigenvalue weighted by molar-refractivity contribution is 0.525. The predicted molar refractivity (Wildman–Crippen MR) is 136 cm³/mol. The van der Waals surface area contributed by atoms with Crippen LogP contribution in [0.5, 0.6) is 0 Å². The van der Waals surface area contributed by atoms with Crippen molar-refractivity contribution in [2.24, 2.45) is 0 Å². The van der Waals surface area contributed by atoms with Crippen molar-refractivity contribution >= 4 is 21.5 Å². The van der Waals surface area contributed by atoms with Crippen LogP contribution in [0, 0.1) is 11.6 Å². The van der Waals surface area contributed by atoms with Gasteiger partial charge >= 0.3 is 0 Å². The molecule has 0 aliphatic carbocycles. The van der Waals surface area contributed by atoms with E-state index < -0.39 is 11.6 Å². The quantitative estimate of drug-likeness (QED) is 0.175. The Morgan fingerprint density at radius 2 is 1.24 bits per heavy atom. The standard InChI is InChI=1S/C30H33F2N/c1-3-5-7-9-10-21-12-16-25-26-17-14-22(19-28(26)30(32)29(31)27(25)18-21)23-13-15-24(33-20-23)11-8-6-4-2/h12-20H,3-11H2,1-2H3. The normalized spacial score (nSPS) is 11.5. The highest BCUT2D eigenvalue weighted by atomic mass is 19.2. The minimum atomic E-state index is -0.772. The summed E-state index contributed by atoms with van der Waals surface area (Å²) in [6.07, 6.45) is 11.9. The number of aryl methyl sites for hydroxylation is 2. The van der Waals surface area contributed by atoms with Gasteiger partial charge in [0.1, 0.15) is 0 Å². The molecule has 0 saturated carbocycles. The summed E-state index contributed by atoms with van der Waals surface area (Å²) in [6.45, 7) is 4.37. The molecule has 0 saturated heterocycles. The van der Waals surface area contributed by atoms with Crippen molar-refractivity contribution in [1.82, 2.24) is 4.98 Å². The largest absolute Gasteiger partial charge is 0.261 e. The smallest absolute Gasteiger partial charge is 0.167 e. The lowest BCUT2D eigenvalue weighted by atomic mass is 9.95. The number of benzene rings is 3. The summed E-state index contributed by atoms with van der Waals surface area (Å²) in [7, 11) is 0. The van der Waals surface area contributed by atoms with Gasteiger partial charge in [-0.1, -0.05) is 76.3 Å². The van der Waals surface area contributed by atoms with E-state index >= 15 is 8.78 Å². The van der Waals surface area contributed by atoms with Crippen molar-refractivity contribution in [3.8, 4) is 11.1 Å². The van der Waals surface area contributed by atoms with E-state index in [9.17, 15) is 0 Å². The Kier molecular flexibility index (Phi) is 7.69. The van der Waals surface area contributed by atoms with Gasteiger partial charge in [0.05, 0.1) is 0 Å². The fourth-order valence-corrected chi connectivity index (χ4v) is 4.60. The maximum Gasteiger partial charge on any atom is 0.167 e. The number of hydrogen-bond donors (Lipinski definition) is 0. The molecule has 0 amide bonds. The van der Waals surface area contributed by atoms with Crippen LogP contribution in [0.2, 0.25) is 0 Å². The maximum atomic E-state index is 15.2. The number of rotatable bonds is 10. The third-order valence-corrected chi connectivity index (χ3v) is 6.57. The van der Waals surface area contributed by atoms with Gasteiger partial charge in [0.15, 0.2) is 11.6 Å². The molecule has 172 valence electrons. The predicted octanol–water partition coefficient (Wildman–Crippen LogP) is 9.19. The minimum absolute atomic E-state index is 0.320. The second-order valence-electron chi connectivity index (χ2n) is 9.07. The molecule has 1 aromatic heterocycles. The molecular weight excluding hydrogens is 412 g/mol. The molecule has 0 unspecified atom stereocenters. The molecule has 0 atom stereocenters. The van der Waals surface area contributed by atoms with Gasteiger partial charge in [-0.05, 0) is 65.8 Å². The van der Waals surface area contributed by atoms with Crippen molar-refractivity contribution in [3.05, 3.63) is 77.6 Å². The molecule has 3 heteroatoms. The summed E-state index contributed by atoms with van der Waals surface area (Å²) in [5.41, 5.74) is 3.90. The molecule has 1 nitrogen and oxygen atoms in total. The van der Waals surface area contributed by atoms with E-state index in [0.29, 0.717) is 10.8 Å². The van der Waals surface area contributed by atoms with Crippen LogP contribution in [-0.4, -0.2) is 4.98 Å². The summed E-state index contributed by atoms with van der Waals surface area (Å²) in [5, 5.41) is 2.20. The second kappa shape index (κ2) is 10.9. The monoisotopic (exact) mass is 445 g/mol. The first-order valence-electron chi connectivity index (χ1n) is 12.4. The van der Waals surface area contributed by atoms with Gasteiger partial charge in [-0.25, -0.2) is 8.78 Å². The zero-order valence-electron chi connectivity index (χ0n) is 19.8. The van der Waals surface area contributed by atoms with E-state index in [1.807, 2.05) is 42.6 Å². The van der Waals surface area contributed by atoms with Crippen LogP contribution >= 0.6 is 0 Å². The lowest BCUT2D eigenvalue weighted by Crippen LogP contribution is -1.94. The SMILES string of the molecule is CCCCCCc1ccc2c(c1)c(F)c(F)c1cc(-c3ccc(CCCCC)nc3)ccc12. The lowest BCUT2D eigenvalue weighted by Gasteiger charge is -2.11. The molecule has 0 fully saturated rings. The number of pyridine rings is 1. The van der Waals surface area contributed by atoms with Gasteiger partial charge in [-0.15, -0.1) is 0 Å². The molecule has 33 heavy (non-hydrogen) atoms. The molecule has 4 rings (SSSR count). The third kappa shape index (κ3) is 5.24. The number of aromatic nitrogens is 1. The topological polar surface area (TPSA) is 12.9 Å². The van der Waals surface area contributed by atoms with Crippen LogP contribution < -0.4 is 0 Å². The highest BCUT2D eigenvalue weighted by molar-refractivity contribution is 6.09. The van der Waals surface area contributed by atoms with Crippen molar-refractivity contribution in [2.45, 2.75) is 71.6 Å². The molecular formula is C30H33F2N. The van der Waals surface area contributed by atoms with Crippen molar-refractivity contribution in [1.29, 1.82) is 0 Å². The number of fused-ring (bicyclic) bond motifs is 3. The van der Waals surface area contributed by atoms with Crippen molar-refractivity contribution < 1.29 is 8.78 Å². The Bertz CT molecular complexity index is 1230. The van der Waals surface area contributed by atoms with Crippen LogP contribution in [0.25, 0.3) is 32.7 Å². The van der Waals surface area contributed by atoms with E-state index in [-0.39, 0.29) is 0 Å². The number of hydrogen-bond acceptors (Lipinski definition) is 1. The maximum absolute atomic E-state index is 15.2. The van der Waals surface area contributed by atoms with Crippen LogP contribution in [0.1, 0.15) is 70.1 Å². The average molecular weight is 446 g/mol. The molecule has 0 N–H and O–H groups in total. The first-order valence-corrected chi connectivity index (χ1v) is 12.4. The van der Waals surface area contributed by atoms with Crippen LogP contribution in [0.15, 0.2) is 54.7 Å². The zero-order valence-corrected chi connectivity index (χ0v) is 19.8.